The van der Waals surface area contributed by atoms with Gasteiger partial charge in [-0.25, -0.2) is 0 Å². The summed E-state index contributed by atoms with van der Waals surface area (Å²) in [6.07, 6.45) is 2.66. The molecule has 1 aliphatic rings. The van der Waals surface area contributed by atoms with Crippen LogP contribution >= 0.6 is 0 Å². The van der Waals surface area contributed by atoms with Gasteiger partial charge in [0, 0.05) is 6.54 Å². The minimum atomic E-state index is 0.736. The van der Waals surface area contributed by atoms with Crippen molar-refractivity contribution < 1.29 is 0 Å². The fourth-order valence-electron chi connectivity index (χ4n) is 2.93. The maximum atomic E-state index is 3.50. The number of rotatable bonds is 1. The highest BCUT2D eigenvalue weighted by Gasteiger charge is 2.18. The molecule has 0 spiro atoms. The molecule has 0 aromatic heterocycles. The second-order valence-electron chi connectivity index (χ2n) is 4.86. The molecule has 2 rings (SSSR count). The van der Waals surface area contributed by atoms with E-state index in [2.05, 4.69) is 38.2 Å². The van der Waals surface area contributed by atoms with Crippen molar-refractivity contribution in [3.63, 3.8) is 0 Å². The van der Waals surface area contributed by atoms with Gasteiger partial charge in [-0.2, -0.15) is 0 Å². The van der Waals surface area contributed by atoms with Crippen LogP contribution in [0.1, 0.15) is 41.0 Å². The van der Waals surface area contributed by atoms with Gasteiger partial charge < -0.3 is 5.32 Å². The lowest BCUT2D eigenvalue weighted by atomic mass is 9.85. The van der Waals surface area contributed by atoms with Gasteiger partial charge in [-0.3, -0.25) is 0 Å². The zero-order valence-corrected chi connectivity index (χ0v) is 10.1. The Morgan fingerprint density at radius 1 is 1.13 bits per heavy atom. The number of piperidine rings is 1. The minimum Gasteiger partial charge on any atom is -0.316 e. The van der Waals surface area contributed by atoms with Crippen LogP contribution in [0, 0.1) is 20.8 Å². The van der Waals surface area contributed by atoms with E-state index >= 15 is 0 Å². The van der Waals surface area contributed by atoms with Crippen molar-refractivity contribution >= 4 is 0 Å². The molecule has 1 aromatic carbocycles. The standard InChI is InChI=1S/C14H21N/c1-10-7-11(2)14(12(3)8-10)13-5-4-6-15-9-13/h7-8,13,15H,4-6,9H2,1-3H3/t13-/m1/s1. The van der Waals surface area contributed by atoms with E-state index in [1.54, 1.807) is 5.56 Å². The zero-order chi connectivity index (χ0) is 10.8. The van der Waals surface area contributed by atoms with Crippen molar-refractivity contribution in [3.8, 4) is 0 Å². The molecule has 0 aliphatic carbocycles. The predicted molar refractivity (Wildman–Crippen MR) is 65.5 cm³/mol. The third kappa shape index (κ3) is 2.23. The summed E-state index contributed by atoms with van der Waals surface area (Å²) in [6, 6.07) is 4.63. The van der Waals surface area contributed by atoms with E-state index in [4.69, 9.17) is 0 Å². The third-order valence-electron chi connectivity index (χ3n) is 3.44. The molecule has 0 unspecified atom stereocenters. The molecular formula is C14H21N. The summed E-state index contributed by atoms with van der Waals surface area (Å²) < 4.78 is 0. The van der Waals surface area contributed by atoms with Crippen molar-refractivity contribution in [3.05, 3.63) is 34.4 Å². The minimum absolute atomic E-state index is 0.736. The first kappa shape index (κ1) is 10.7. The summed E-state index contributed by atoms with van der Waals surface area (Å²) >= 11 is 0. The summed E-state index contributed by atoms with van der Waals surface area (Å²) in [5.74, 6) is 0.736. The fourth-order valence-corrected chi connectivity index (χ4v) is 2.93. The lowest BCUT2D eigenvalue weighted by Crippen LogP contribution is -2.29. The maximum Gasteiger partial charge on any atom is 0.00203 e. The highest BCUT2D eigenvalue weighted by Crippen LogP contribution is 2.29. The van der Waals surface area contributed by atoms with E-state index in [0.29, 0.717) is 0 Å². The molecule has 0 saturated carbocycles. The van der Waals surface area contributed by atoms with Gasteiger partial charge in [0.1, 0.15) is 0 Å². The molecule has 15 heavy (non-hydrogen) atoms. The Labute approximate surface area is 92.9 Å². The largest absolute Gasteiger partial charge is 0.316 e. The molecule has 1 aromatic rings. The van der Waals surface area contributed by atoms with Crippen LogP contribution in [0.15, 0.2) is 12.1 Å². The summed E-state index contributed by atoms with van der Waals surface area (Å²) in [5.41, 5.74) is 5.92. The molecule has 0 radical (unpaired) electrons. The van der Waals surface area contributed by atoms with Gasteiger partial charge in [0.25, 0.3) is 0 Å². The maximum absolute atomic E-state index is 3.50. The highest BCUT2D eigenvalue weighted by molar-refractivity contribution is 5.40. The van der Waals surface area contributed by atoms with Crippen LogP contribution < -0.4 is 5.32 Å². The van der Waals surface area contributed by atoms with Gasteiger partial charge in [-0.1, -0.05) is 17.7 Å². The second kappa shape index (κ2) is 4.36. The first-order chi connectivity index (χ1) is 7.18. The lowest BCUT2D eigenvalue weighted by molar-refractivity contribution is 0.459. The van der Waals surface area contributed by atoms with Crippen LogP contribution in [0.4, 0.5) is 0 Å². The van der Waals surface area contributed by atoms with E-state index in [9.17, 15) is 0 Å². The van der Waals surface area contributed by atoms with Crippen LogP contribution in [0.5, 0.6) is 0 Å². The number of aryl methyl sites for hydroxylation is 3. The first-order valence-electron chi connectivity index (χ1n) is 5.97. The number of benzene rings is 1. The lowest BCUT2D eigenvalue weighted by Gasteiger charge is -2.26. The Morgan fingerprint density at radius 2 is 1.80 bits per heavy atom. The van der Waals surface area contributed by atoms with Gasteiger partial charge in [-0.05, 0) is 62.8 Å². The summed E-state index contributed by atoms with van der Waals surface area (Å²) in [6.45, 7) is 9.04. The normalized spacial score (nSPS) is 21.7. The van der Waals surface area contributed by atoms with Crippen LogP contribution in [-0.2, 0) is 0 Å². The summed E-state index contributed by atoms with van der Waals surface area (Å²) in [7, 11) is 0. The van der Waals surface area contributed by atoms with Crippen LogP contribution in [0.3, 0.4) is 0 Å². The van der Waals surface area contributed by atoms with Gasteiger partial charge in [0.2, 0.25) is 0 Å². The molecular weight excluding hydrogens is 182 g/mol. The molecule has 1 atom stereocenters. The third-order valence-corrected chi connectivity index (χ3v) is 3.44. The molecule has 0 bridgehead atoms. The highest BCUT2D eigenvalue weighted by atomic mass is 14.9. The fraction of sp³-hybridized carbons (Fsp3) is 0.571. The quantitative estimate of drug-likeness (QED) is 0.739. The molecule has 1 fully saturated rings. The van der Waals surface area contributed by atoms with Crippen molar-refractivity contribution in [2.24, 2.45) is 0 Å². The van der Waals surface area contributed by atoms with E-state index < -0.39 is 0 Å². The van der Waals surface area contributed by atoms with Crippen molar-refractivity contribution in [2.75, 3.05) is 13.1 Å². The number of nitrogens with one attached hydrogen (secondary N) is 1. The monoisotopic (exact) mass is 203 g/mol. The van der Waals surface area contributed by atoms with E-state index in [1.165, 1.54) is 36.1 Å². The van der Waals surface area contributed by atoms with Crippen LogP contribution in [0.25, 0.3) is 0 Å². The average Bonchev–Trinajstić information content (AvgIpc) is 2.17. The summed E-state index contributed by atoms with van der Waals surface area (Å²) in [5, 5.41) is 3.50. The average molecular weight is 203 g/mol. The Morgan fingerprint density at radius 3 is 2.33 bits per heavy atom. The van der Waals surface area contributed by atoms with Crippen molar-refractivity contribution in [1.82, 2.24) is 5.32 Å². The van der Waals surface area contributed by atoms with Crippen molar-refractivity contribution in [2.45, 2.75) is 39.5 Å². The van der Waals surface area contributed by atoms with Gasteiger partial charge in [0.15, 0.2) is 0 Å². The Balaban J connectivity index is 2.33. The predicted octanol–water partition coefficient (Wildman–Crippen LogP) is 3.08. The smallest absolute Gasteiger partial charge is 0.00203 e. The van der Waals surface area contributed by atoms with Crippen LogP contribution in [-0.4, -0.2) is 13.1 Å². The molecule has 0 amide bonds. The Kier molecular flexibility index (Phi) is 3.11. The van der Waals surface area contributed by atoms with E-state index in [-0.39, 0.29) is 0 Å². The molecule has 1 nitrogen and oxygen atoms in total. The molecule has 1 heterocycles. The topological polar surface area (TPSA) is 12.0 Å². The van der Waals surface area contributed by atoms with E-state index in [0.717, 1.165) is 12.5 Å². The second-order valence-corrected chi connectivity index (χ2v) is 4.86. The first-order valence-corrected chi connectivity index (χ1v) is 5.97. The Hall–Kier alpha value is -0.820. The van der Waals surface area contributed by atoms with E-state index in [1.807, 2.05) is 0 Å². The van der Waals surface area contributed by atoms with Crippen LogP contribution in [0.2, 0.25) is 0 Å². The summed E-state index contributed by atoms with van der Waals surface area (Å²) in [4.78, 5) is 0. The molecule has 1 saturated heterocycles. The molecule has 1 heteroatoms. The zero-order valence-electron chi connectivity index (χ0n) is 10.1. The SMILES string of the molecule is Cc1cc(C)c([C@@H]2CCCNC2)c(C)c1. The molecule has 1 aliphatic heterocycles. The van der Waals surface area contributed by atoms with Crippen molar-refractivity contribution in [1.29, 1.82) is 0 Å². The van der Waals surface area contributed by atoms with Gasteiger partial charge in [-0.15, -0.1) is 0 Å². The number of hydrogen-bond donors (Lipinski definition) is 1. The number of hydrogen-bond acceptors (Lipinski definition) is 1. The van der Waals surface area contributed by atoms with Gasteiger partial charge >= 0.3 is 0 Å². The molecule has 82 valence electrons. The Bertz CT molecular complexity index is 325. The molecule has 1 N–H and O–H groups in total. The van der Waals surface area contributed by atoms with Gasteiger partial charge in [0.05, 0.1) is 0 Å².